The molecule has 2 heterocycles. The van der Waals surface area contributed by atoms with Crippen molar-refractivity contribution in [2.75, 3.05) is 119 Å². The van der Waals surface area contributed by atoms with Crippen molar-refractivity contribution in [3.63, 3.8) is 0 Å². The minimum Gasteiger partial charge on any atom is -0.468 e. The quantitative estimate of drug-likeness (QED) is 0.159. The van der Waals surface area contributed by atoms with Gasteiger partial charge in [-0.05, 0) is 13.3 Å². The van der Waals surface area contributed by atoms with Crippen LogP contribution >= 0.6 is 0 Å². The van der Waals surface area contributed by atoms with Gasteiger partial charge in [0, 0.05) is 0 Å². The molecule has 1 unspecified atom stereocenters. The number of carbonyl (C=O) groups excluding carboxylic acids is 2. The Morgan fingerprint density at radius 2 is 0.733 bits per heavy atom. The first kappa shape index (κ1) is 43.6. The van der Waals surface area contributed by atoms with E-state index in [1.54, 1.807) is 0 Å². The van der Waals surface area contributed by atoms with Crippen LogP contribution in [0.5, 0.6) is 0 Å². The summed E-state index contributed by atoms with van der Waals surface area (Å²) in [7, 11) is 1.27. The number of hydrogen-bond donors (Lipinski definition) is 0. The second kappa shape index (κ2) is 37.1. The van der Waals surface area contributed by atoms with Crippen LogP contribution < -0.4 is 0 Å². The highest BCUT2D eigenvalue weighted by molar-refractivity contribution is 5.94. The van der Waals surface area contributed by atoms with E-state index < -0.39 is 17.9 Å². The van der Waals surface area contributed by atoms with Gasteiger partial charge in [0.25, 0.3) is 0 Å². The molecule has 12 heteroatoms. The van der Waals surface area contributed by atoms with Crippen LogP contribution in [0, 0.1) is 5.92 Å². The van der Waals surface area contributed by atoms with Gasteiger partial charge in [0.05, 0.1) is 119 Å². The van der Waals surface area contributed by atoms with Crippen molar-refractivity contribution in [3.05, 3.63) is 0 Å². The lowest BCUT2D eigenvalue weighted by molar-refractivity contribution is -0.159. The molecule has 0 N–H and O–H groups in total. The van der Waals surface area contributed by atoms with Gasteiger partial charge >= 0.3 is 11.9 Å². The predicted molar refractivity (Wildman–Crippen MR) is 171 cm³/mol. The maximum absolute atomic E-state index is 11.5. The number of rotatable bonds is 13. The molecule has 1 atom stereocenters. The van der Waals surface area contributed by atoms with Crippen molar-refractivity contribution in [2.24, 2.45) is 5.92 Å². The molecule has 0 aromatic carbocycles. The molecule has 0 saturated carbocycles. The highest BCUT2D eigenvalue weighted by Gasteiger charge is 2.23. The number of hydrogen-bond acceptors (Lipinski definition) is 12. The Bertz CT molecular complexity index is 512. The average molecular weight is 653 g/mol. The van der Waals surface area contributed by atoms with Gasteiger partial charge in [-0.1, -0.05) is 64.7 Å². The van der Waals surface area contributed by atoms with Gasteiger partial charge in [0.2, 0.25) is 0 Å². The van der Waals surface area contributed by atoms with Crippen LogP contribution in [0.15, 0.2) is 0 Å². The van der Waals surface area contributed by atoms with E-state index in [1.165, 1.54) is 65.4 Å². The zero-order chi connectivity index (χ0) is 32.9. The molecule has 2 saturated heterocycles. The summed E-state index contributed by atoms with van der Waals surface area (Å²) in [4.78, 5) is 22.6. The monoisotopic (exact) mass is 652 g/mol. The molecule has 2 fully saturated rings. The fraction of sp³-hybridized carbons (Fsp3) is 0.939. The lowest BCUT2D eigenvalue weighted by atomic mass is 10.1. The van der Waals surface area contributed by atoms with E-state index in [9.17, 15) is 9.59 Å². The lowest BCUT2D eigenvalue weighted by Crippen LogP contribution is -2.24. The van der Waals surface area contributed by atoms with Crippen LogP contribution in [0.3, 0.4) is 0 Å². The molecule has 2 rings (SSSR count). The third kappa shape index (κ3) is 33.8. The van der Waals surface area contributed by atoms with E-state index in [-0.39, 0.29) is 0 Å². The van der Waals surface area contributed by atoms with Crippen LogP contribution in [0.2, 0.25) is 0 Å². The first-order valence-electron chi connectivity index (χ1n) is 17.0. The standard InChI is InChI=1S/C17H32O4.2C8H16O4/c1-4-5-6-7-8-9-10-11-12-13-14-21-17(19)15(2)16(18)20-3;2*1-2-10-5-6-12-8-7-11-4-3-9-1/h15H,4-14H2,1-3H3;2*1-8H2. The molecular weight excluding hydrogens is 588 g/mol. The molecule has 0 radical (unpaired) electrons. The highest BCUT2D eigenvalue weighted by atomic mass is 16.6. The van der Waals surface area contributed by atoms with Crippen LogP contribution in [-0.4, -0.2) is 131 Å². The van der Waals surface area contributed by atoms with Crippen molar-refractivity contribution in [3.8, 4) is 0 Å². The Balaban J connectivity index is 0.000000687. The Morgan fingerprint density at radius 1 is 0.467 bits per heavy atom. The zero-order valence-corrected chi connectivity index (χ0v) is 28.6. The highest BCUT2D eigenvalue weighted by Crippen LogP contribution is 2.11. The van der Waals surface area contributed by atoms with Crippen LogP contribution in [0.4, 0.5) is 0 Å². The number of esters is 2. The van der Waals surface area contributed by atoms with Gasteiger partial charge in [-0.2, -0.15) is 0 Å². The summed E-state index contributed by atoms with van der Waals surface area (Å²) in [6.07, 6.45) is 12.4. The third-order valence-corrected chi connectivity index (χ3v) is 6.63. The number of methoxy groups -OCH3 is 1. The topological polar surface area (TPSA) is 126 Å². The van der Waals surface area contributed by atoms with E-state index in [0.717, 1.165) is 12.8 Å². The maximum Gasteiger partial charge on any atom is 0.320 e. The smallest absolute Gasteiger partial charge is 0.320 e. The second-order valence-corrected chi connectivity index (χ2v) is 10.5. The van der Waals surface area contributed by atoms with Crippen molar-refractivity contribution < 1.29 is 57.0 Å². The van der Waals surface area contributed by atoms with Gasteiger partial charge in [-0.3, -0.25) is 9.59 Å². The number of carbonyl (C=O) groups is 2. The normalized spacial score (nSPS) is 18.4. The lowest BCUT2D eigenvalue weighted by Gasteiger charge is -2.09. The van der Waals surface area contributed by atoms with E-state index in [2.05, 4.69) is 11.7 Å². The summed E-state index contributed by atoms with van der Waals surface area (Å²) in [5, 5.41) is 0. The minimum absolute atomic E-state index is 0.399. The molecule has 0 aliphatic carbocycles. The minimum atomic E-state index is -0.821. The molecule has 12 nitrogen and oxygen atoms in total. The molecule has 0 aromatic heterocycles. The summed E-state index contributed by atoms with van der Waals surface area (Å²) >= 11 is 0. The fourth-order valence-corrected chi connectivity index (χ4v) is 3.92. The molecule has 0 spiro atoms. The summed E-state index contributed by atoms with van der Waals surface area (Å²) < 4.78 is 51.3. The van der Waals surface area contributed by atoms with E-state index in [4.69, 9.17) is 42.6 Å². The molecule has 2 aliphatic heterocycles. The van der Waals surface area contributed by atoms with Gasteiger partial charge < -0.3 is 47.4 Å². The average Bonchev–Trinajstić information content (AvgIpc) is 3.04. The molecule has 0 aromatic rings. The SMILES string of the molecule is C1COCCOCCOCCO1.C1COCCOCCOCCO1.CCCCCCCCCCCCOC(=O)C(C)C(=O)OC. The van der Waals surface area contributed by atoms with Gasteiger partial charge in [-0.15, -0.1) is 0 Å². The van der Waals surface area contributed by atoms with Gasteiger partial charge in [0.15, 0.2) is 5.92 Å². The Morgan fingerprint density at radius 3 is 1.00 bits per heavy atom. The Labute approximate surface area is 272 Å². The molecule has 268 valence electrons. The van der Waals surface area contributed by atoms with Crippen LogP contribution in [-0.2, 0) is 57.0 Å². The van der Waals surface area contributed by atoms with Gasteiger partial charge in [-0.25, -0.2) is 0 Å². The molecule has 2 aliphatic rings. The largest absolute Gasteiger partial charge is 0.468 e. The van der Waals surface area contributed by atoms with Crippen molar-refractivity contribution in [1.82, 2.24) is 0 Å². The molecule has 45 heavy (non-hydrogen) atoms. The van der Waals surface area contributed by atoms with E-state index >= 15 is 0 Å². The number of ether oxygens (including phenoxy) is 10. The summed E-state index contributed by atoms with van der Waals surface area (Å²) in [5.74, 6) is -1.85. The van der Waals surface area contributed by atoms with Crippen molar-refractivity contribution in [2.45, 2.75) is 78.1 Å². The Hall–Kier alpha value is -1.38. The van der Waals surface area contributed by atoms with E-state index in [0.29, 0.717) is 112 Å². The first-order chi connectivity index (χ1) is 22.1. The molecule has 0 amide bonds. The Kier molecular flexibility index (Phi) is 35.9. The number of unbranched alkanes of at least 4 members (excludes halogenated alkanes) is 9. The fourth-order valence-electron chi connectivity index (χ4n) is 3.92. The van der Waals surface area contributed by atoms with Crippen LogP contribution in [0.25, 0.3) is 0 Å². The van der Waals surface area contributed by atoms with Crippen LogP contribution in [0.1, 0.15) is 78.1 Å². The van der Waals surface area contributed by atoms with Crippen molar-refractivity contribution >= 4 is 11.9 Å². The molecular formula is C33H64O12. The van der Waals surface area contributed by atoms with Crippen molar-refractivity contribution in [1.29, 1.82) is 0 Å². The predicted octanol–water partition coefficient (Wildman–Crippen LogP) is 4.39. The summed E-state index contributed by atoms with van der Waals surface area (Å²) in [5.41, 5.74) is 0. The second-order valence-electron chi connectivity index (χ2n) is 10.5. The van der Waals surface area contributed by atoms with E-state index in [1.807, 2.05) is 0 Å². The third-order valence-electron chi connectivity index (χ3n) is 6.63. The summed E-state index contributed by atoms with van der Waals surface area (Å²) in [6.45, 7) is 14.4. The van der Waals surface area contributed by atoms with Gasteiger partial charge in [0.1, 0.15) is 0 Å². The molecule has 0 bridgehead atoms. The first-order valence-corrected chi connectivity index (χ1v) is 17.0. The maximum atomic E-state index is 11.5. The zero-order valence-electron chi connectivity index (χ0n) is 28.6. The summed E-state index contributed by atoms with van der Waals surface area (Å²) in [6, 6.07) is 0.